The molecule has 1 nitrogen and oxygen atoms in total. The average molecular weight is 288 g/mol. The van der Waals surface area contributed by atoms with Gasteiger partial charge in [0.15, 0.2) is 0 Å². The summed E-state index contributed by atoms with van der Waals surface area (Å²) in [5.41, 5.74) is -0.555. The Labute approximate surface area is 122 Å². The van der Waals surface area contributed by atoms with Crippen molar-refractivity contribution in [1.29, 1.82) is 0 Å². The molecule has 2 fully saturated rings. The van der Waals surface area contributed by atoms with Crippen molar-refractivity contribution in [2.24, 2.45) is 17.8 Å². The molecule has 2 rings (SSSR count). The highest BCUT2D eigenvalue weighted by atomic mass is 19.3. The first-order chi connectivity index (χ1) is 9.03. The first kappa shape index (κ1) is 16.2. The lowest BCUT2D eigenvalue weighted by molar-refractivity contribution is -0.228. The Hall–Kier alpha value is -0.180. The Bertz CT molecular complexity index is 333. The second kappa shape index (κ2) is 5.23. The Morgan fingerprint density at radius 3 is 2.00 bits per heavy atom. The van der Waals surface area contributed by atoms with E-state index in [-0.39, 0.29) is 24.4 Å². The average Bonchev–Trinajstić information content (AvgIpc) is 2.25. The molecular formula is C17H30F2O. The van der Waals surface area contributed by atoms with Crippen LogP contribution in [0.5, 0.6) is 0 Å². The SMILES string of the molecule is CC(C)C1CCC(C)(OC(C)(C)C2CC(F)(F)C2)CC1. The molecule has 0 spiro atoms. The van der Waals surface area contributed by atoms with Gasteiger partial charge < -0.3 is 4.74 Å². The molecule has 0 aromatic rings. The van der Waals surface area contributed by atoms with E-state index >= 15 is 0 Å². The summed E-state index contributed by atoms with van der Waals surface area (Å²) >= 11 is 0. The molecule has 0 radical (unpaired) electrons. The van der Waals surface area contributed by atoms with Crippen LogP contribution in [-0.4, -0.2) is 17.1 Å². The molecule has 0 amide bonds. The Morgan fingerprint density at radius 1 is 1.10 bits per heavy atom. The molecule has 0 aromatic heterocycles. The highest BCUT2D eigenvalue weighted by Gasteiger charge is 2.53. The van der Waals surface area contributed by atoms with Crippen molar-refractivity contribution in [2.75, 3.05) is 0 Å². The van der Waals surface area contributed by atoms with E-state index in [0.717, 1.165) is 24.7 Å². The van der Waals surface area contributed by atoms with Crippen molar-refractivity contribution in [1.82, 2.24) is 0 Å². The summed E-state index contributed by atoms with van der Waals surface area (Å²) in [6, 6.07) is 0. The fourth-order valence-electron chi connectivity index (χ4n) is 3.89. The van der Waals surface area contributed by atoms with Crippen LogP contribution in [0, 0.1) is 17.8 Å². The molecule has 3 heteroatoms. The van der Waals surface area contributed by atoms with E-state index in [1.54, 1.807) is 0 Å². The van der Waals surface area contributed by atoms with Crippen molar-refractivity contribution in [3.05, 3.63) is 0 Å². The van der Waals surface area contributed by atoms with Crippen molar-refractivity contribution >= 4 is 0 Å². The minimum Gasteiger partial charge on any atom is -0.369 e. The number of ether oxygens (including phenoxy) is 1. The molecule has 20 heavy (non-hydrogen) atoms. The minimum absolute atomic E-state index is 0.00264. The Morgan fingerprint density at radius 2 is 1.60 bits per heavy atom. The third-order valence-electron chi connectivity index (χ3n) is 5.61. The van der Waals surface area contributed by atoms with Crippen molar-refractivity contribution < 1.29 is 13.5 Å². The summed E-state index contributed by atoms with van der Waals surface area (Å²) in [7, 11) is 0. The molecule has 118 valence electrons. The van der Waals surface area contributed by atoms with E-state index in [1.807, 2.05) is 13.8 Å². The second-order valence-electron chi connectivity index (χ2n) is 8.20. The molecule has 0 unspecified atom stereocenters. The number of halogens is 2. The maximum absolute atomic E-state index is 13.1. The van der Waals surface area contributed by atoms with Gasteiger partial charge in [0.05, 0.1) is 11.2 Å². The van der Waals surface area contributed by atoms with Crippen LogP contribution in [0.3, 0.4) is 0 Å². The molecule has 0 aliphatic heterocycles. The zero-order valence-corrected chi connectivity index (χ0v) is 13.6. The zero-order chi connectivity index (χ0) is 15.2. The second-order valence-corrected chi connectivity index (χ2v) is 8.20. The van der Waals surface area contributed by atoms with E-state index in [9.17, 15) is 8.78 Å². The lowest BCUT2D eigenvalue weighted by Gasteiger charge is -2.50. The van der Waals surface area contributed by atoms with Crippen LogP contribution < -0.4 is 0 Å². The molecule has 0 atom stereocenters. The maximum Gasteiger partial charge on any atom is 0.248 e. The maximum atomic E-state index is 13.1. The molecule has 2 aliphatic carbocycles. The van der Waals surface area contributed by atoms with Gasteiger partial charge in [0.1, 0.15) is 0 Å². The Balaban J connectivity index is 1.89. The number of rotatable bonds is 4. The van der Waals surface area contributed by atoms with Gasteiger partial charge in [-0.1, -0.05) is 13.8 Å². The quantitative estimate of drug-likeness (QED) is 0.670. The zero-order valence-electron chi connectivity index (χ0n) is 13.6. The van der Waals surface area contributed by atoms with Gasteiger partial charge in [-0.25, -0.2) is 8.78 Å². The van der Waals surface area contributed by atoms with Crippen molar-refractivity contribution in [3.8, 4) is 0 Å². The third-order valence-corrected chi connectivity index (χ3v) is 5.61. The first-order valence-electron chi connectivity index (χ1n) is 8.11. The fraction of sp³-hybridized carbons (Fsp3) is 1.00. The largest absolute Gasteiger partial charge is 0.369 e. The normalized spacial score (nSPS) is 35.1. The van der Waals surface area contributed by atoms with Gasteiger partial charge >= 0.3 is 0 Å². The monoisotopic (exact) mass is 288 g/mol. The fourth-order valence-corrected chi connectivity index (χ4v) is 3.89. The van der Waals surface area contributed by atoms with Gasteiger partial charge in [0, 0.05) is 12.8 Å². The van der Waals surface area contributed by atoms with Crippen LogP contribution >= 0.6 is 0 Å². The predicted octanol–water partition coefficient (Wildman–Crippen LogP) is 5.43. The van der Waals surface area contributed by atoms with Gasteiger partial charge in [-0.15, -0.1) is 0 Å². The summed E-state index contributed by atoms with van der Waals surface area (Å²) in [4.78, 5) is 0. The van der Waals surface area contributed by atoms with Crippen LogP contribution in [0.4, 0.5) is 8.78 Å². The van der Waals surface area contributed by atoms with Crippen LogP contribution in [0.1, 0.15) is 73.1 Å². The highest BCUT2D eigenvalue weighted by molar-refractivity contribution is 4.98. The van der Waals surface area contributed by atoms with Gasteiger partial charge in [0.25, 0.3) is 0 Å². The smallest absolute Gasteiger partial charge is 0.248 e. The highest BCUT2D eigenvalue weighted by Crippen LogP contribution is 2.51. The third kappa shape index (κ3) is 3.52. The van der Waals surface area contributed by atoms with E-state index < -0.39 is 11.5 Å². The molecule has 0 bridgehead atoms. The summed E-state index contributed by atoms with van der Waals surface area (Å²) in [5, 5.41) is 0. The van der Waals surface area contributed by atoms with Gasteiger partial charge in [-0.2, -0.15) is 0 Å². The summed E-state index contributed by atoms with van der Waals surface area (Å²) in [6.45, 7) is 10.7. The lowest BCUT2D eigenvalue weighted by Crippen LogP contribution is -2.52. The van der Waals surface area contributed by atoms with Gasteiger partial charge in [0.2, 0.25) is 5.92 Å². The molecule has 0 heterocycles. The van der Waals surface area contributed by atoms with Gasteiger partial charge in [-0.05, 0) is 64.2 Å². The topological polar surface area (TPSA) is 9.23 Å². The summed E-state index contributed by atoms with van der Waals surface area (Å²) in [5.74, 6) is -0.931. The first-order valence-corrected chi connectivity index (χ1v) is 8.11. The summed E-state index contributed by atoms with van der Waals surface area (Å²) in [6.07, 6.45) is 4.50. The number of hydrogen-bond acceptors (Lipinski definition) is 1. The van der Waals surface area contributed by atoms with Crippen molar-refractivity contribution in [2.45, 2.75) is 90.3 Å². The van der Waals surface area contributed by atoms with Crippen LogP contribution in [0.25, 0.3) is 0 Å². The molecule has 0 saturated heterocycles. The molecular weight excluding hydrogens is 258 g/mol. The van der Waals surface area contributed by atoms with Crippen molar-refractivity contribution in [3.63, 3.8) is 0 Å². The molecule has 0 aromatic carbocycles. The molecule has 0 N–H and O–H groups in total. The summed E-state index contributed by atoms with van der Waals surface area (Å²) < 4.78 is 32.5. The van der Waals surface area contributed by atoms with E-state index in [2.05, 4.69) is 20.8 Å². The van der Waals surface area contributed by atoms with E-state index in [1.165, 1.54) is 12.8 Å². The lowest BCUT2D eigenvalue weighted by atomic mass is 9.70. The van der Waals surface area contributed by atoms with Crippen LogP contribution in [0.15, 0.2) is 0 Å². The van der Waals surface area contributed by atoms with Crippen LogP contribution in [0.2, 0.25) is 0 Å². The number of hydrogen-bond donors (Lipinski definition) is 0. The predicted molar refractivity (Wildman–Crippen MR) is 78.0 cm³/mol. The van der Waals surface area contributed by atoms with Gasteiger partial charge in [-0.3, -0.25) is 0 Å². The Kier molecular flexibility index (Phi) is 4.23. The number of alkyl halides is 2. The molecule has 2 saturated carbocycles. The molecule has 2 aliphatic rings. The minimum atomic E-state index is -2.46. The van der Waals surface area contributed by atoms with E-state index in [4.69, 9.17) is 4.74 Å². The van der Waals surface area contributed by atoms with E-state index in [0.29, 0.717) is 0 Å². The van der Waals surface area contributed by atoms with Crippen LogP contribution in [-0.2, 0) is 4.74 Å². The standard InChI is InChI=1S/C17H30F2O/c1-12(2)13-6-8-16(5,9-7-13)20-15(3,4)14-10-17(18,19)11-14/h12-14H,6-11H2,1-5H3.